The summed E-state index contributed by atoms with van der Waals surface area (Å²) in [5.41, 5.74) is 1.71. The number of hydrogen-bond acceptors (Lipinski definition) is 5. The number of alkyl halides is 2. The molecular weight excluding hydrogens is 459 g/mol. The van der Waals surface area contributed by atoms with Crippen LogP contribution in [0.5, 0.6) is 0 Å². The standard InChI is InChI=1S/C24H26F3N7O/c1-12-30-20-17(25)5-13(6-18(20)34(12)11-19(26)27)15-9-28-21-16(15)10-29-23(32-21)31-14-7-24(2,8-14)22(35)33(3)4/h5-6,9-10,14,19H,7-8,11H2,1-4H3,(H2,28,29,31,32). The molecule has 0 bridgehead atoms. The molecule has 2 N–H and O–H groups in total. The number of H-pyrrole nitrogens is 1. The van der Waals surface area contributed by atoms with Crippen molar-refractivity contribution in [3.05, 3.63) is 36.2 Å². The third kappa shape index (κ3) is 3.98. The molecule has 35 heavy (non-hydrogen) atoms. The normalized spacial score (nSPS) is 19.9. The Kier molecular flexibility index (Phi) is 5.45. The Bertz CT molecular complexity index is 1440. The molecule has 5 rings (SSSR count). The number of anilines is 1. The highest BCUT2D eigenvalue weighted by atomic mass is 19.3. The lowest BCUT2D eigenvalue weighted by Gasteiger charge is -2.45. The SMILES string of the molecule is Cc1nc2c(F)cc(-c3c[nH]c4nc(NC5CC(C)(C(=O)N(C)C)C5)ncc34)cc2n1CC(F)F. The van der Waals surface area contributed by atoms with Gasteiger partial charge in [-0.15, -0.1) is 0 Å². The van der Waals surface area contributed by atoms with E-state index in [9.17, 15) is 18.0 Å². The second kappa shape index (κ2) is 8.24. The van der Waals surface area contributed by atoms with Crippen LogP contribution >= 0.6 is 0 Å². The number of hydrogen-bond donors (Lipinski definition) is 2. The first kappa shape index (κ1) is 23.1. The van der Waals surface area contributed by atoms with Crippen molar-refractivity contribution < 1.29 is 18.0 Å². The van der Waals surface area contributed by atoms with Crippen molar-refractivity contribution in [1.29, 1.82) is 0 Å². The van der Waals surface area contributed by atoms with Crippen LogP contribution in [0, 0.1) is 18.2 Å². The van der Waals surface area contributed by atoms with Crippen LogP contribution in [0.15, 0.2) is 24.5 Å². The van der Waals surface area contributed by atoms with Crippen molar-refractivity contribution in [3.8, 4) is 11.1 Å². The van der Waals surface area contributed by atoms with Crippen LogP contribution < -0.4 is 5.32 Å². The van der Waals surface area contributed by atoms with Crippen LogP contribution in [0.2, 0.25) is 0 Å². The average molecular weight is 486 g/mol. The smallest absolute Gasteiger partial charge is 0.256 e. The lowest BCUT2D eigenvalue weighted by Crippen LogP contribution is -2.52. The maximum absolute atomic E-state index is 14.9. The van der Waals surface area contributed by atoms with Crippen molar-refractivity contribution >= 4 is 33.9 Å². The zero-order valence-electron chi connectivity index (χ0n) is 19.9. The topological polar surface area (TPSA) is 91.7 Å². The largest absolute Gasteiger partial charge is 0.351 e. The predicted molar refractivity (Wildman–Crippen MR) is 127 cm³/mol. The molecule has 0 aliphatic heterocycles. The summed E-state index contributed by atoms with van der Waals surface area (Å²) >= 11 is 0. The first-order chi connectivity index (χ1) is 16.6. The zero-order valence-corrected chi connectivity index (χ0v) is 19.9. The summed E-state index contributed by atoms with van der Waals surface area (Å²) in [6, 6.07) is 3.09. The van der Waals surface area contributed by atoms with Gasteiger partial charge in [-0.25, -0.2) is 23.1 Å². The molecule has 1 aliphatic carbocycles. The summed E-state index contributed by atoms with van der Waals surface area (Å²) in [5, 5.41) is 3.95. The molecule has 184 valence electrons. The fraction of sp³-hybridized carbons (Fsp3) is 0.417. The van der Waals surface area contributed by atoms with Gasteiger partial charge in [0.05, 0.1) is 17.5 Å². The molecule has 3 aromatic heterocycles. The summed E-state index contributed by atoms with van der Waals surface area (Å²) in [6.07, 6.45) is 2.13. The van der Waals surface area contributed by atoms with Gasteiger partial charge < -0.3 is 19.8 Å². The minimum Gasteiger partial charge on any atom is -0.351 e. The fourth-order valence-corrected chi connectivity index (χ4v) is 5.06. The average Bonchev–Trinajstić information content (AvgIpc) is 3.33. The number of aryl methyl sites for hydroxylation is 1. The molecule has 4 aromatic rings. The lowest BCUT2D eigenvalue weighted by atomic mass is 9.66. The van der Waals surface area contributed by atoms with Gasteiger partial charge in [-0.1, -0.05) is 6.92 Å². The van der Waals surface area contributed by atoms with Crippen molar-refractivity contribution in [2.75, 3.05) is 19.4 Å². The molecule has 1 saturated carbocycles. The molecule has 11 heteroatoms. The van der Waals surface area contributed by atoms with E-state index in [1.165, 1.54) is 10.6 Å². The second-order valence-electron chi connectivity index (χ2n) is 9.65. The summed E-state index contributed by atoms with van der Waals surface area (Å²) in [4.78, 5) is 30.1. The monoisotopic (exact) mass is 485 g/mol. The highest BCUT2D eigenvalue weighted by molar-refractivity contribution is 5.96. The Hall–Kier alpha value is -3.63. The maximum atomic E-state index is 14.9. The summed E-state index contributed by atoms with van der Waals surface area (Å²) in [6.45, 7) is 2.98. The third-order valence-corrected chi connectivity index (χ3v) is 6.71. The van der Waals surface area contributed by atoms with E-state index in [-0.39, 0.29) is 22.9 Å². The Balaban J connectivity index is 1.42. The minimum atomic E-state index is -2.58. The molecule has 1 fully saturated rings. The van der Waals surface area contributed by atoms with Crippen LogP contribution in [0.4, 0.5) is 19.1 Å². The molecule has 0 unspecified atom stereocenters. The Morgan fingerprint density at radius 3 is 2.74 bits per heavy atom. The Morgan fingerprint density at radius 2 is 2.06 bits per heavy atom. The summed E-state index contributed by atoms with van der Waals surface area (Å²) in [7, 11) is 3.51. The molecule has 1 amide bonds. The van der Waals surface area contributed by atoms with Crippen molar-refractivity contribution in [1.82, 2.24) is 29.4 Å². The van der Waals surface area contributed by atoms with Gasteiger partial charge in [-0.3, -0.25) is 4.79 Å². The second-order valence-corrected chi connectivity index (χ2v) is 9.65. The number of aromatic nitrogens is 5. The van der Waals surface area contributed by atoms with Gasteiger partial charge in [0.15, 0.2) is 5.82 Å². The first-order valence-corrected chi connectivity index (χ1v) is 11.3. The van der Waals surface area contributed by atoms with E-state index in [0.717, 1.165) is 0 Å². The van der Waals surface area contributed by atoms with Crippen LogP contribution in [-0.2, 0) is 11.3 Å². The Morgan fingerprint density at radius 1 is 1.31 bits per heavy atom. The maximum Gasteiger partial charge on any atom is 0.256 e. The highest BCUT2D eigenvalue weighted by Gasteiger charge is 2.47. The molecule has 0 atom stereocenters. The van der Waals surface area contributed by atoms with E-state index in [2.05, 4.69) is 25.3 Å². The number of amides is 1. The van der Waals surface area contributed by atoms with E-state index in [1.807, 2.05) is 6.92 Å². The van der Waals surface area contributed by atoms with E-state index in [0.29, 0.717) is 52.3 Å². The van der Waals surface area contributed by atoms with E-state index in [1.54, 1.807) is 44.4 Å². The molecule has 3 heterocycles. The van der Waals surface area contributed by atoms with E-state index in [4.69, 9.17) is 0 Å². The van der Waals surface area contributed by atoms with Gasteiger partial charge in [0, 0.05) is 43.5 Å². The number of carbonyl (C=O) groups is 1. The molecule has 1 aromatic carbocycles. The quantitative estimate of drug-likeness (QED) is 0.424. The van der Waals surface area contributed by atoms with Gasteiger partial charge in [0.25, 0.3) is 6.43 Å². The minimum absolute atomic E-state index is 0.0646. The van der Waals surface area contributed by atoms with Crippen molar-refractivity contribution in [3.63, 3.8) is 0 Å². The number of fused-ring (bicyclic) bond motifs is 2. The number of benzene rings is 1. The molecular formula is C24H26F3N7O. The van der Waals surface area contributed by atoms with Gasteiger partial charge in [-0.05, 0) is 37.5 Å². The number of carbonyl (C=O) groups excluding carboxylic acids is 1. The summed E-state index contributed by atoms with van der Waals surface area (Å²) < 4.78 is 42.3. The molecule has 8 nitrogen and oxygen atoms in total. The predicted octanol–water partition coefficient (Wildman–Crippen LogP) is 4.36. The number of nitrogens with zero attached hydrogens (tertiary/aromatic N) is 5. The van der Waals surface area contributed by atoms with Gasteiger partial charge >= 0.3 is 0 Å². The molecule has 1 aliphatic rings. The third-order valence-electron chi connectivity index (χ3n) is 6.71. The summed E-state index contributed by atoms with van der Waals surface area (Å²) in [5.74, 6) is 0.286. The van der Waals surface area contributed by atoms with Crippen molar-refractivity contribution in [2.45, 2.75) is 45.7 Å². The van der Waals surface area contributed by atoms with Crippen LogP contribution in [0.3, 0.4) is 0 Å². The zero-order chi connectivity index (χ0) is 25.1. The Labute approximate surface area is 199 Å². The fourth-order valence-electron chi connectivity index (χ4n) is 5.06. The molecule has 0 saturated heterocycles. The number of imidazole rings is 1. The van der Waals surface area contributed by atoms with Crippen LogP contribution in [-0.4, -0.2) is 61.9 Å². The number of nitrogens with one attached hydrogen (secondary N) is 2. The lowest BCUT2D eigenvalue weighted by molar-refractivity contribution is -0.143. The van der Waals surface area contributed by atoms with Gasteiger partial charge in [-0.2, -0.15) is 4.98 Å². The molecule has 0 spiro atoms. The van der Waals surface area contributed by atoms with E-state index >= 15 is 0 Å². The number of halogens is 3. The number of rotatable bonds is 6. The van der Waals surface area contributed by atoms with Crippen molar-refractivity contribution in [2.24, 2.45) is 5.41 Å². The number of aromatic amines is 1. The van der Waals surface area contributed by atoms with E-state index < -0.39 is 18.8 Å². The highest BCUT2D eigenvalue weighted by Crippen LogP contribution is 2.43. The van der Waals surface area contributed by atoms with Crippen LogP contribution in [0.25, 0.3) is 33.2 Å². The van der Waals surface area contributed by atoms with Gasteiger partial charge in [0.2, 0.25) is 11.9 Å². The first-order valence-electron chi connectivity index (χ1n) is 11.3. The molecule has 0 radical (unpaired) electrons. The van der Waals surface area contributed by atoms with Crippen LogP contribution in [0.1, 0.15) is 25.6 Å². The van der Waals surface area contributed by atoms with Gasteiger partial charge in [0.1, 0.15) is 17.0 Å².